The molecule has 0 aliphatic rings. The molecule has 1 heterocycles. The van der Waals surface area contributed by atoms with Crippen LogP contribution in [0.5, 0.6) is 0 Å². The lowest BCUT2D eigenvalue weighted by atomic mass is 10.1. The Hall–Kier alpha value is -1.56. The lowest BCUT2D eigenvalue weighted by Crippen LogP contribution is -2.41. The standard InChI is InChI=1S/C11H19N5O/c1-7-8(2)15-16-10(13-7)14-9(17)6-12-11(3,4)5/h12H,6H2,1-5H3,(H,13,14,16,17). The number of nitrogens with zero attached hydrogens (tertiary/aromatic N) is 3. The lowest BCUT2D eigenvalue weighted by Gasteiger charge is -2.19. The predicted molar refractivity (Wildman–Crippen MR) is 65.7 cm³/mol. The third-order valence-corrected chi connectivity index (χ3v) is 2.12. The van der Waals surface area contributed by atoms with E-state index in [0.29, 0.717) is 0 Å². The molecule has 6 nitrogen and oxygen atoms in total. The normalized spacial score (nSPS) is 11.4. The highest BCUT2D eigenvalue weighted by atomic mass is 16.2. The Morgan fingerprint density at radius 2 is 1.82 bits per heavy atom. The smallest absolute Gasteiger partial charge is 0.249 e. The van der Waals surface area contributed by atoms with Crippen LogP contribution in [-0.4, -0.2) is 33.2 Å². The Balaban J connectivity index is 2.54. The van der Waals surface area contributed by atoms with E-state index in [1.165, 1.54) is 0 Å². The first-order valence-corrected chi connectivity index (χ1v) is 5.51. The fourth-order valence-corrected chi connectivity index (χ4v) is 1.02. The molecule has 0 saturated heterocycles. The van der Waals surface area contributed by atoms with Gasteiger partial charge in [-0.1, -0.05) is 0 Å². The van der Waals surface area contributed by atoms with Crippen LogP contribution in [0.3, 0.4) is 0 Å². The highest BCUT2D eigenvalue weighted by molar-refractivity contribution is 5.90. The fourth-order valence-electron chi connectivity index (χ4n) is 1.02. The molecular formula is C11H19N5O. The first kappa shape index (κ1) is 13.5. The average molecular weight is 237 g/mol. The molecule has 0 spiro atoms. The SMILES string of the molecule is Cc1nnc(NC(=O)CNC(C)(C)C)nc1C. The van der Waals surface area contributed by atoms with Gasteiger partial charge < -0.3 is 5.32 Å². The van der Waals surface area contributed by atoms with Crippen molar-refractivity contribution in [2.45, 2.75) is 40.2 Å². The van der Waals surface area contributed by atoms with Gasteiger partial charge in [0.1, 0.15) is 0 Å². The van der Waals surface area contributed by atoms with Gasteiger partial charge in [0, 0.05) is 5.54 Å². The van der Waals surface area contributed by atoms with Crippen LogP contribution >= 0.6 is 0 Å². The minimum Gasteiger partial charge on any atom is -0.304 e. The van der Waals surface area contributed by atoms with Gasteiger partial charge >= 0.3 is 0 Å². The molecule has 1 rings (SSSR count). The van der Waals surface area contributed by atoms with Crippen LogP contribution in [0.2, 0.25) is 0 Å². The molecule has 0 radical (unpaired) electrons. The number of aryl methyl sites for hydroxylation is 2. The topological polar surface area (TPSA) is 79.8 Å². The molecule has 0 unspecified atom stereocenters. The van der Waals surface area contributed by atoms with E-state index >= 15 is 0 Å². The second-order valence-corrected chi connectivity index (χ2v) is 4.96. The van der Waals surface area contributed by atoms with Crippen molar-refractivity contribution in [3.8, 4) is 0 Å². The van der Waals surface area contributed by atoms with Crippen molar-refractivity contribution >= 4 is 11.9 Å². The fraction of sp³-hybridized carbons (Fsp3) is 0.636. The van der Waals surface area contributed by atoms with Gasteiger partial charge in [-0.2, -0.15) is 5.10 Å². The van der Waals surface area contributed by atoms with E-state index in [4.69, 9.17) is 0 Å². The number of carbonyl (C=O) groups excluding carboxylic acids is 1. The van der Waals surface area contributed by atoms with Gasteiger partial charge in [0.25, 0.3) is 0 Å². The molecule has 17 heavy (non-hydrogen) atoms. The van der Waals surface area contributed by atoms with Crippen molar-refractivity contribution in [3.05, 3.63) is 11.4 Å². The second kappa shape index (κ2) is 5.18. The van der Waals surface area contributed by atoms with E-state index in [1.807, 2.05) is 34.6 Å². The zero-order valence-corrected chi connectivity index (χ0v) is 11.0. The van der Waals surface area contributed by atoms with E-state index in [0.717, 1.165) is 11.4 Å². The summed E-state index contributed by atoms with van der Waals surface area (Å²) in [6, 6.07) is 0. The molecule has 1 aromatic rings. The highest BCUT2D eigenvalue weighted by Gasteiger charge is 2.12. The molecule has 0 atom stereocenters. The molecule has 6 heteroatoms. The monoisotopic (exact) mass is 237 g/mol. The highest BCUT2D eigenvalue weighted by Crippen LogP contribution is 2.02. The molecule has 0 saturated carbocycles. The molecule has 0 aliphatic carbocycles. The third-order valence-electron chi connectivity index (χ3n) is 2.12. The van der Waals surface area contributed by atoms with Gasteiger partial charge in [0.2, 0.25) is 11.9 Å². The van der Waals surface area contributed by atoms with Crippen LogP contribution in [0, 0.1) is 13.8 Å². The van der Waals surface area contributed by atoms with E-state index in [2.05, 4.69) is 25.8 Å². The van der Waals surface area contributed by atoms with Crippen molar-refractivity contribution in [2.24, 2.45) is 0 Å². The summed E-state index contributed by atoms with van der Waals surface area (Å²) in [6.45, 7) is 9.85. The molecular weight excluding hydrogens is 218 g/mol. The Morgan fingerprint density at radius 3 is 2.35 bits per heavy atom. The van der Waals surface area contributed by atoms with Crippen LogP contribution in [0.25, 0.3) is 0 Å². The van der Waals surface area contributed by atoms with Gasteiger partial charge in [-0.15, -0.1) is 5.10 Å². The summed E-state index contributed by atoms with van der Waals surface area (Å²) >= 11 is 0. The van der Waals surface area contributed by atoms with Gasteiger partial charge in [-0.05, 0) is 34.6 Å². The van der Waals surface area contributed by atoms with E-state index in [9.17, 15) is 4.79 Å². The maximum atomic E-state index is 11.6. The zero-order chi connectivity index (χ0) is 13.1. The first-order valence-electron chi connectivity index (χ1n) is 5.51. The number of anilines is 1. The average Bonchev–Trinajstić information content (AvgIpc) is 2.20. The molecule has 0 fully saturated rings. The number of carbonyl (C=O) groups is 1. The minimum absolute atomic E-state index is 0.0976. The molecule has 2 N–H and O–H groups in total. The summed E-state index contributed by atoms with van der Waals surface area (Å²) in [5.74, 6) is 0.0683. The molecule has 0 aromatic carbocycles. The van der Waals surface area contributed by atoms with Gasteiger partial charge in [-0.3, -0.25) is 10.1 Å². The Kier molecular flexibility index (Phi) is 4.11. The van der Waals surface area contributed by atoms with E-state index in [-0.39, 0.29) is 23.9 Å². The van der Waals surface area contributed by atoms with Crippen LogP contribution in [0.1, 0.15) is 32.2 Å². The summed E-state index contributed by atoms with van der Waals surface area (Å²) in [6.07, 6.45) is 0. The third kappa shape index (κ3) is 4.86. The van der Waals surface area contributed by atoms with Crippen LogP contribution in [0.15, 0.2) is 0 Å². The minimum atomic E-state index is -0.176. The summed E-state index contributed by atoms with van der Waals surface area (Å²) < 4.78 is 0. The molecule has 1 aromatic heterocycles. The number of hydrogen-bond acceptors (Lipinski definition) is 5. The van der Waals surface area contributed by atoms with Gasteiger partial charge in [0.05, 0.1) is 17.9 Å². The quantitative estimate of drug-likeness (QED) is 0.813. The largest absolute Gasteiger partial charge is 0.304 e. The van der Waals surface area contributed by atoms with Crippen molar-refractivity contribution in [3.63, 3.8) is 0 Å². The maximum Gasteiger partial charge on any atom is 0.249 e. The zero-order valence-electron chi connectivity index (χ0n) is 11.0. The van der Waals surface area contributed by atoms with Gasteiger partial charge in [0.15, 0.2) is 0 Å². The second-order valence-electron chi connectivity index (χ2n) is 4.96. The predicted octanol–water partition coefficient (Wildman–Crippen LogP) is 0.815. The molecule has 0 aliphatic heterocycles. The lowest BCUT2D eigenvalue weighted by molar-refractivity contribution is -0.115. The van der Waals surface area contributed by atoms with E-state index < -0.39 is 0 Å². The summed E-state index contributed by atoms with van der Waals surface area (Å²) in [5.41, 5.74) is 1.43. The Labute approximate surface area is 101 Å². The summed E-state index contributed by atoms with van der Waals surface area (Å²) in [5, 5.41) is 13.4. The first-order chi connectivity index (χ1) is 7.78. The molecule has 0 bridgehead atoms. The van der Waals surface area contributed by atoms with E-state index in [1.54, 1.807) is 0 Å². The van der Waals surface area contributed by atoms with Crippen LogP contribution < -0.4 is 10.6 Å². The Morgan fingerprint density at radius 1 is 1.18 bits per heavy atom. The van der Waals surface area contributed by atoms with Crippen molar-refractivity contribution in [2.75, 3.05) is 11.9 Å². The number of hydrogen-bond donors (Lipinski definition) is 2. The number of nitrogens with one attached hydrogen (secondary N) is 2. The molecule has 1 amide bonds. The maximum absolute atomic E-state index is 11.6. The van der Waals surface area contributed by atoms with Crippen LogP contribution in [-0.2, 0) is 4.79 Å². The van der Waals surface area contributed by atoms with Crippen molar-refractivity contribution in [1.29, 1.82) is 0 Å². The van der Waals surface area contributed by atoms with Gasteiger partial charge in [-0.25, -0.2) is 4.98 Å². The number of aromatic nitrogens is 3. The van der Waals surface area contributed by atoms with Crippen molar-refractivity contribution < 1.29 is 4.79 Å². The number of amides is 1. The summed E-state index contributed by atoms with van der Waals surface area (Å²) in [4.78, 5) is 15.7. The molecule has 94 valence electrons. The van der Waals surface area contributed by atoms with Crippen LogP contribution in [0.4, 0.5) is 5.95 Å². The summed E-state index contributed by atoms with van der Waals surface area (Å²) in [7, 11) is 0. The van der Waals surface area contributed by atoms with Crippen molar-refractivity contribution in [1.82, 2.24) is 20.5 Å². The Bertz CT molecular complexity index is 411. The number of rotatable bonds is 3.